The van der Waals surface area contributed by atoms with Crippen molar-refractivity contribution < 1.29 is 23.1 Å². The van der Waals surface area contributed by atoms with Crippen molar-refractivity contribution in [2.75, 3.05) is 5.32 Å². The zero-order valence-corrected chi connectivity index (χ0v) is 11.9. The van der Waals surface area contributed by atoms with E-state index in [0.29, 0.717) is 11.3 Å². The summed E-state index contributed by atoms with van der Waals surface area (Å²) in [5, 5.41) is 11.6. The zero-order chi connectivity index (χ0) is 14.9. The Labute approximate surface area is 121 Å². The van der Waals surface area contributed by atoms with Gasteiger partial charge >= 0.3 is 5.97 Å². The Kier molecular flexibility index (Phi) is 4.08. The minimum absolute atomic E-state index is 0.0864. The van der Waals surface area contributed by atoms with Crippen LogP contribution in [0.1, 0.15) is 21.9 Å². The maximum absolute atomic E-state index is 13.5. The van der Waals surface area contributed by atoms with Crippen molar-refractivity contribution in [1.82, 2.24) is 0 Å². The van der Waals surface area contributed by atoms with E-state index in [4.69, 9.17) is 9.52 Å². The van der Waals surface area contributed by atoms with Gasteiger partial charge in [0.15, 0.2) is 0 Å². The van der Waals surface area contributed by atoms with Crippen molar-refractivity contribution >= 4 is 27.6 Å². The molecule has 0 spiro atoms. The number of aromatic carboxylic acids is 1. The number of halogens is 3. The number of benzene rings is 1. The third-order valence-corrected chi connectivity index (χ3v) is 3.23. The average molecular weight is 346 g/mol. The van der Waals surface area contributed by atoms with Gasteiger partial charge in [0.2, 0.25) is 5.76 Å². The van der Waals surface area contributed by atoms with Crippen molar-refractivity contribution in [3.8, 4) is 0 Å². The topological polar surface area (TPSA) is 62.5 Å². The molecule has 7 heteroatoms. The molecule has 0 aliphatic carbocycles. The number of aryl methyl sites for hydroxylation is 1. The summed E-state index contributed by atoms with van der Waals surface area (Å²) in [6.07, 6.45) is 0. The maximum atomic E-state index is 13.5. The van der Waals surface area contributed by atoms with Gasteiger partial charge in [0.1, 0.15) is 17.4 Å². The van der Waals surface area contributed by atoms with Crippen LogP contribution in [-0.4, -0.2) is 11.1 Å². The van der Waals surface area contributed by atoms with Crippen LogP contribution in [0.5, 0.6) is 0 Å². The number of carboxylic acid groups (broad SMARTS) is 1. The average Bonchev–Trinajstić information content (AvgIpc) is 2.74. The number of nitrogens with one attached hydrogen (secondary N) is 1. The molecule has 0 amide bonds. The number of rotatable bonds is 4. The zero-order valence-electron chi connectivity index (χ0n) is 10.3. The number of anilines is 1. The lowest BCUT2D eigenvalue weighted by molar-refractivity contribution is 0.0659. The number of hydrogen-bond acceptors (Lipinski definition) is 3. The van der Waals surface area contributed by atoms with Crippen molar-refractivity contribution in [1.29, 1.82) is 0 Å². The Morgan fingerprint density at radius 1 is 1.35 bits per heavy atom. The van der Waals surface area contributed by atoms with Gasteiger partial charge in [-0.25, -0.2) is 13.6 Å². The lowest BCUT2D eigenvalue weighted by Gasteiger charge is -2.07. The molecular formula is C13H10BrF2NO3. The van der Waals surface area contributed by atoms with E-state index in [2.05, 4.69) is 21.2 Å². The highest BCUT2D eigenvalue weighted by molar-refractivity contribution is 9.10. The smallest absolute Gasteiger partial charge is 0.372 e. The molecule has 1 aromatic heterocycles. The molecule has 0 radical (unpaired) electrons. The van der Waals surface area contributed by atoms with Crippen LogP contribution in [-0.2, 0) is 6.54 Å². The number of furan rings is 1. The Balaban J connectivity index is 2.15. The van der Waals surface area contributed by atoms with Gasteiger partial charge < -0.3 is 14.8 Å². The molecule has 20 heavy (non-hydrogen) atoms. The molecule has 0 unspecified atom stereocenters. The van der Waals surface area contributed by atoms with E-state index in [1.54, 1.807) is 13.0 Å². The lowest BCUT2D eigenvalue weighted by Crippen LogP contribution is -2.01. The highest BCUT2D eigenvalue weighted by atomic mass is 79.9. The summed E-state index contributed by atoms with van der Waals surface area (Å²) in [6, 6.07) is 3.56. The van der Waals surface area contributed by atoms with Crippen LogP contribution >= 0.6 is 15.9 Å². The summed E-state index contributed by atoms with van der Waals surface area (Å²) >= 11 is 2.96. The normalized spacial score (nSPS) is 10.6. The fraction of sp³-hybridized carbons (Fsp3) is 0.154. The van der Waals surface area contributed by atoms with Gasteiger partial charge in [-0.1, -0.05) is 0 Å². The Hall–Kier alpha value is -1.89. The summed E-state index contributed by atoms with van der Waals surface area (Å²) < 4.78 is 31.8. The maximum Gasteiger partial charge on any atom is 0.372 e. The first kappa shape index (κ1) is 14.5. The van der Waals surface area contributed by atoms with E-state index in [1.165, 1.54) is 6.07 Å². The molecule has 0 aliphatic heterocycles. The summed E-state index contributed by atoms with van der Waals surface area (Å²) in [7, 11) is 0. The molecule has 0 saturated heterocycles. The molecule has 4 nitrogen and oxygen atoms in total. The van der Waals surface area contributed by atoms with Crippen LogP contribution in [0.2, 0.25) is 0 Å². The van der Waals surface area contributed by atoms with E-state index >= 15 is 0 Å². The quantitative estimate of drug-likeness (QED) is 0.824. The molecule has 106 valence electrons. The molecule has 1 heterocycles. The summed E-state index contributed by atoms with van der Waals surface area (Å²) in [5.74, 6) is -2.41. The first-order valence-electron chi connectivity index (χ1n) is 5.59. The van der Waals surface area contributed by atoms with Crippen LogP contribution in [0, 0.1) is 18.6 Å². The van der Waals surface area contributed by atoms with Crippen molar-refractivity contribution in [3.63, 3.8) is 0 Å². The summed E-state index contributed by atoms with van der Waals surface area (Å²) in [4.78, 5) is 10.8. The molecule has 2 N–H and O–H groups in total. The van der Waals surface area contributed by atoms with E-state index in [0.717, 1.165) is 6.07 Å². The van der Waals surface area contributed by atoms with Crippen LogP contribution in [0.15, 0.2) is 27.1 Å². The highest BCUT2D eigenvalue weighted by Crippen LogP contribution is 2.24. The Bertz CT molecular complexity index is 670. The largest absolute Gasteiger partial charge is 0.475 e. The SMILES string of the molecule is Cc1cc(CNc2cc(Br)c(F)cc2F)oc1C(=O)O. The number of carboxylic acids is 1. The first-order chi connectivity index (χ1) is 9.38. The molecule has 0 saturated carbocycles. The molecule has 0 bridgehead atoms. The van der Waals surface area contributed by atoms with Crippen LogP contribution in [0.3, 0.4) is 0 Å². The third-order valence-electron chi connectivity index (χ3n) is 2.63. The number of hydrogen-bond donors (Lipinski definition) is 2. The number of carbonyl (C=O) groups is 1. The third kappa shape index (κ3) is 2.98. The standard InChI is InChI=1S/C13H10BrF2NO3/c1-6-2-7(20-12(6)13(18)19)5-17-11-3-8(14)9(15)4-10(11)16/h2-4,17H,5H2,1H3,(H,18,19). The van der Waals surface area contributed by atoms with E-state index in [1.807, 2.05) is 0 Å². The summed E-state index contributed by atoms with van der Waals surface area (Å²) in [6.45, 7) is 1.69. The van der Waals surface area contributed by atoms with Crippen LogP contribution in [0.25, 0.3) is 0 Å². The minimum Gasteiger partial charge on any atom is -0.475 e. The molecule has 0 atom stereocenters. The second-order valence-corrected chi connectivity index (χ2v) is 4.98. The lowest BCUT2D eigenvalue weighted by atomic mass is 10.2. The van der Waals surface area contributed by atoms with Crippen molar-refractivity contribution in [2.24, 2.45) is 0 Å². The van der Waals surface area contributed by atoms with Gasteiger partial charge in [-0.05, 0) is 35.0 Å². The fourth-order valence-corrected chi connectivity index (χ4v) is 2.03. The Morgan fingerprint density at radius 2 is 2.05 bits per heavy atom. The van der Waals surface area contributed by atoms with Gasteiger partial charge in [0.05, 0.1) is 16.7 Å². The summed E-state index contributed by atoms with van der Waals surface area (Å²) in [5.41, 5.74) is 0.569. The fourth-order valence-electron chi connectivity index (χ4n) is 1.69. The predicted molar refractivity (Wildman–Crippen MR) is 71.8 cm³/mol. The molecule has 0 aliphatic rings. The van der Waals surface area contributed by atoms with Gasteiger partial charge in [-0.2, -0.15) is 0 Å². The first-order valence-corrected chi connectivity index (χ1v) is 6.39. The molecule has 0 fully saturated rings. The molecule has 2 aromatic rings. The molecule has 1 aromatic carbocycles. The van der Waals surface area contributed by atoms with Gasteiger partial charge in [0.25, 0.3) is 0 Å². The van der Waals surface area contributed by atoms with E-state index < -0.39 is 17.6 Å². The van der Waals surface area contributed by atoms with Crippen LogP contribution in [0.4, 0.5) is 14.5 Å². The van der Waals surface area contributed by atoms with Gasteiger partial charge in [-0.15, -0.1) is 0 Å². The van der Waals surface area contributed by atoms with Crippen molar-refractivity contribution in [3.05, 3.63) is 51.4 Å². The van der Waals surface area contributed by atoms with Gasteiger partial charge in [0, 0.05) is 11.6 Å². The highest BCUT2D eigenvalue weighted by Gasteiger charge is 2.15. The predicted octanol–water partition coefficient (Wildman–Crippen LogP) is 3.94. The Morgan fingerprint density at radius 3 is 2.65 bits per heavy atom. The van der Waals surface area contributed by atoms with Crippen molar-refractivity contribution in [2.45, 2.75) is 13.5 Å². The molecule has 2 rings (SSSR count). The second-order valence-electron chi connectivity index (χ2n) is 4.13. The molecular weight excluding hydrogens is 336 g/mol. The minimum atomic E-state index is -1.16. The van der Waals surface area contributed by atoms with E-state index in [9.17, 15) is 13.6 Å². The van der Waals surface area contributed by atoms with E-state index in [-0.39, 0.29) is 22.5 Å². The monoisotopic (exact) mass is 345 g/mol. The second kappa shape index (κ2) is 5.62. The van der Waals surface area contributed by atoms with Gasteiger partial charge in [-0.3, -0.25) is 0 Å². The van der Waals surface area contributed by atoms with Crippen LogP contribution < -0.4 is 5.32 Å².